The van der Waals surface area contributed by atoms with Crippen LogP contribution in [0.25, 0.3) is 16.7 Å². The fraction of sp³-hybridized carbons (Fsp3) is 0.296. The molecule has 1 aromatic heterocycles. The number of hydrogen-bond donors (Lipinski definition) is 0. The summed E-state index contributed by atoms with van der Waals surface area (Å²) in [5.41, 5.74) is 2.06. The van der Waals surface area contributed by atoms with Gasteiger partial charge in [0.1, 0.15) is 11.3 Å². The second-order valence-corrected chi connectivity index (χ2v) is 9.50. The lowest BCUT2D eigenvalue weighted by atomic mass is 10.2. The molecule has 10 nitrogen and oxygen atoms in total. The summed E-state index contributed by atoms with van der Waals surface area (Å²) in [6.07, 6.45) is 1.99. The number of piperazine rings is 1. The zero-order chi connectivity index (χ0) is 27.0. The molecule has 3 heterocycles. The number of nitrogens with zero attached hydrogens (tertiary/aromatic N) is 4. The van der Waals surface area contributed by atoms with Crippen molar-refractivity contribution in [3.8, 4) is 17.2 Å². The standard InChI is InChI=1S/C27H27ClN4O6/c1-17(2)32-25-20(6-7-21-26(25)38-24(34)9-8-23(33)37-21)31(27(32)35)15-12-29-10-13-30(14-11-29)18-4-5-19(28)22(16-18)36-3/h4-9,16H,1,10-15H2,2-3H3/b9-8+. The highest BCUT2D eigenvalue weighted by Gasteiger charge is 2.26. The number of halogens is 1. The zero-order valence-corrected chi connectivity index (χ0v) is 21.9. The summed E-state index contributed by atoms with van der Waals surface area (Å²) < 4.78 is 19.1. The Morgan fingerprint density at radius 2 is 1.71 bits per heavy atom. The lowest BCUT2D eigenvalue weighted by Gasteiger charge is -2.36. The fourth-order valence-corrected chi connectivity index (χ4v) is 4.97. The minimum absolute atomic E-state index is 0.0102. The molecule has 38 heavy (non-hydrogen) atoms. The van der Waals surface area contributed by atoms with Crippen molar-refractivity contribution < 1.29 is 23.8 Å². The van der Waals surface area contributed by atoms with Crippen LogP contribution in [0.1, 0.15) is 6.92 Å². The molecule has 0 unspecified atom stereocenters. The molecule has 11 heteroatoms. The summed E-state index contributed by atoms with van der Waals surface area (Å²) in [6.45, 7) is 9.93. The van der Waals surface area contributed by atoms with E-state index >= 15 is 0 Å². The number of anilines is 1. The topological polar surface area (TPSA) is 95.2 Å². The molecular weight excluding hydrogens is 512 g/mol. The van der Waals surface area contributed by atoms with Gasteiger partial charge in [-0.2, -0.15) is 0 Å². The number of imidazole rings is 1. The molecule has 0 spiro atoms. The van der Waals surface area contributed by atoms with Gasteiger partial charge in [0.05, 0.1) is 17.6 Å². The number of hydrogen-bond acceptors (Lipinski definition) is 8. The first-order chi connectivity index (χ1) is 18.3. The van der Waals surface area contributed by atoms with Crippen molar-refractivity contribution in [2.24, 2.45) is 0 Å². The number of allylic oxidation sites excluding steroid dienone is 1. The second-order valence-electron chi connectivity index (χ2n) is 9.09. The summed E-state index contributed by atoms with van der Waals surface area (Å²) >= 11 is 6.17. The molecule has 2 aliphatic rings. The van der Waals surface area contributed by atoms with E-state index in [-0.39, 0.29) is 17.2 Å². The van der Waals surface area contributed by atoms with Gasteiger partial charge in [-0.25, -0.2) is 14.4 Å². The maximum Gasteiger partial charge on any atom is 0.336 e. The van der Waals surface area contributed by atoms with E-state index in [2.05, 4.69) is 16.4 Å². The van der Waals surface area contributed by atoms with Crippen LogP contribution in [0.4, 0.5) is 5.69 Å². The normalized spacial score (nSPS) is 16.9. The van der Waals surface area contributed by atoms with E-state index in [1.54, 1.807) is 24.7 Å². The second kappa shape index (κ2) is 10.4. The number of ether oxygens (including phenoxy) is 3. The van der Waals surface area contributed by atoms with Gasteiger partial charge in [-0.15, -0.1) is 0 Å². The predicted molar refractivity (Wildman–Crippen MR) is 144 cm³/mol. The van der Waals surface area contributed by atoms with Crippen LogP contribution in [0.15, 0.2) is 53.9 Å². The van der Waals surface area contributed by atoms with Crippen LogP contribution in [0.2, 0.25) is 5.02 Å². The van der Waals surface area contributed by atoms with Crippen molar-refractivity contribution >= 4 is 46.0 Å². The number of fused-ring (bicyclic) bond motifs is 3. The smallest absolute Gasteiger partial charge is 0.336 e. The van der Waals surface area contributed by atoms with Crippen molar-refractivity contribution in [2.75, 3.05) is 44.7 Å². The van der Waals surface area contributed by atoms with Gasteiger partial charge in [0, 0.05) is 68.9 Å². The molecule has 0 aliphatic carbocycles. The molecule has 0 amide bonds. The van der Waals surface area contributed by atoms with Crippen molar-refractivity contribution in [2.45, 2.75) is 13.5 Å². The molecule has 0 bridgehead atoms. The van der Waals surface area contributed by atoms with Crippen molar-refractivity contribution in [3.05, 3.63) is 64.6 Å². The summed E-state index contributed by atoms with van der Waals surface area (Å²) in [5.74, 6) is -0.731. The molecule has 0 saturated carbocycles. The van der Waals surface area contributed by atoms with Gasteiger partial charge < -0.3 is 19.1 Å². The predicted octanol–water partition coefficient (Wildman–Crippen LogP) is 3.16. The largest absolute Gasteiger partial charge is 0.495 e. The fourth-order valence-electron chi connectivity index (χ4n) is 4.77. The Labute approximate surface area is 223 Å². The average molecular weight is 539 g/mol. The quantitative estimate of drug-likeness (QED) is 0.349. The summed E-state index contributed by atoms with van der Waals surface area (Å²) in [6, 6.07) is 8.97. The number of carbonyl (C=O) groups excluding carboxylic acids is 2. The Kier molecular flexibility index (Phi) is 7.00. The van der Waals surface area contributed by atoms with Gasteiger partial charge in [-0.05, 0) is 31.2 Å². The molecule has 1 saturated heterocycles. The summed E-state index contributed by atoms with van der Waals surface area (Å²) in [7, 11) is 1.60. The highest BCUT2D eigenvalue weighted by Crippen LogP contribution is 2.37. The SMILES string of the molecule is C=C(C)n1c(=O)n(CCN2CCN(c3ccc(Cl)c(OC)c3)CC2)c2ccc3c(c21)OC(=O)/C=C/C(=O)O3. The maximum absolute atomic E-state index is 13.5. The lowest BCUT2D eigenvalue weighted by Crippen LogP contribution is -2.47. The van der Waals surface area contributed by atoms with Gasteiger partial charge >= 0.3 is 17.6 Å². The molecule has 0 N–H and O–H groups in total. The Balaban J connectivity index is 1.37. The van der Waals surface area contributed by atoms with E-state index in [0.717, 1.165) is 44.0 Å². The van der Waals surface area contributed by atoms with Crippen molar-refractivity contribution in [3.63, 3.8) is 0 Å². The van der Waals surface area contributed by atoms with Gasteiger partial charge in [-0.3, -0.25) is 14.0 Å². The Bertz CT molecular complexity index is 1530. The molecule has 0 atom stereocenters. The van der Waals surface area contributed by atoms with E-state index in [1.165, 1.54) is 10.6 Å². The average Bonchev–Trinajstić information content (AvgIpc) is 3.18. The molecule has 198 valence electrons. The number of carbonyl (C=O) groups is 2. The van der Waals surface area contributed by atoms with E-state index in [4.69, 9.17) is 25.8 Å². The number of aromatic nitrogens is 2. The number of benzene rings is 2. The van der Waals surface area contributed by atoms with E-state index in [0.29, 0.717) is 40.6 Å². The van der Waals surface area contributed by atoms with E-state index in [1.807, 2.05) is 18.2 Å². The van der Waals surface area contributed by atoms with Crippen molar-refractivity contribution in [1.82, 2.24) is 14.0 Å². The van der Waals surface area contributed by atoms with Crippen LogP contribution in [0, 0.1) is 0 Å². The highest BCUT2D eigenvalue weighted by atomic mass is 35.5. The molecule has 1 fully saturated rings. The summed E-state index contributed by atoms with van der Waals surface area (Å²) in [4.78, 5) is 42.2. The number of methoxy groups -OCH3 is 1. The van der Waals surface area contributed by atoms with Crippen LogP contribution in [0.5, 0.6) is 17.2 Å². The summed E-state index contributed by atoms with van der Waals surface area (Å²) in [5, 5.41) is 0.575. The third-order valence-electron chi connectivity index (χ3n) is 6.67. The van der Waals surface area contributed by atoms with Crippen LogP contribution >= 0.6 is 11.6 Å². The van der Waals surface area contributed by atoms with Crippen LogP contribution in [-0.2, 0) is 16.1 Å². The molecular formula is C27H27ClN4O6. The zero-order valence-electron chi connectivity index (χ0n) is 21.1. The van der Waals surface area contributed by atoms with Crippen LogP contribution < -0.4 is 24.8 Å². The highest BCUT2D eigenvalue weighted by molar-refractivity contribution is 6.32. The third-order valence-corrected chi connectivity index (χ3v) is 6.99. The molecule has 0 radical (unpaired) electrons. The Hall–Kier alpha value is -4.02. The van der Waals surface area contributed by atoms with Gasteiger partial charge in [0.15, 0.2) is 11.5 Å². The Morgan fingerprint density at radius 3 is 2.39 bits per heavy atom. The monoisotopic (exact) mass is 538 g/mol. The molecule has 2 aromatic carbocycles. The van der Waals surface area contributed by atoms with Crippen molar-refractivity contribution in [1.29, 1.82) is 0 Å². The van der Waals surface area contributed by atoms with Gasteiger partial charge in [-0.1, -0.05) is 18.2 Å². The van der Waals surface area contributed by atoms with E-state index in [9.17, 15) is 14.4 Å². The van der Waals surface area contributed by atoms with E-state index < -0.39 is 11.9 Å². The molecule has 3 aromatic rings. The minimum atomic E-state index is -0.736. The Morgan fingerprint density at radius 1 is 1.00 bits per heavy atom. The third kappa shape index (κ3) is 4.80. The minimum Gasteiger partial charge on any atom is -0.495 e. The molecule has 2 aliphatic heterocycles. The first kappa shape index (κ1) is 25.6. The lowest BCUT2D eigenvalue weighted by molar-refractivity contribution is -0.133. The first-order valence-corrected chi connectivity index (χ1v) is 12.5. The first-order valence-electron chi connectivity index (χ1n) is 12.1. The number of esters is 2. The maximum atomic E-state index is 13.5. The van der Waals surface area contributed by atoms with Crippen LogP contribution in [-0.4, -0.2) is 65.8 Å². The van der Waals surface area contributed by atoms with Gasteiger partial charge in [0.2, 0.25) is 0 Å². The molecule has 5 rings (SSSR count). The van der Waals surface area contributed by atoms with Crippen LogP contribution in [0.3, 0.4) is 0 Å². The number of rotatable bonds is 6. The van der Waals surface area contributed by atoms with Gasteiger partial charge in [0.25, 0.3) is 0 Å².